The second-order valence-corrected chi connectivity index (χ2v) is 8.05. The summed E-state index contributed by atoms with van der Waals surface area (Å²) in [5.41, 5.74) is 10.6. The average Bonchev–Trinajstić information content (AvgIpc) is 3.40. The number of halogens is 1. The number of amides is 1. The third kappa shape index (κ3) is 4.79. The normalized spacial score (nSPS) is 11.2. The number of aryl methyl sites for hydroxylation is 1. The van der Waals surface area contributed by atoms with Crippen LogP contribution in [0.4, 0.5) is 5.82 Å². The summed E-state index contributed by atoms with van der Waals surface area (Å²) in [6.07, 6.45) is 1.45. The molecule has 0 aliphatic heterocycles. The molecule has 12 heteroatoms. The highest BCUT2D eigenvalue weighted by Gasteiger charge is 2.24. The third-order valence-electron chi connectivity index (χ3n) is 4.35. The van der Waals surface area contributed by atoms with Crippen LogP contribution in [0.25, 0.3) is 5.82 Å². The van der Waals surface area contributed by atoms with E-state index < -0.39 is 5.91 Å². The largest absolute Gasteiger partial charge is 0.378 e. The summed E-state index contributed by atoms with van der Waals surface area (Å²) in [7, 11) is 0. The third-order valence-corrected chi connectivity index (χ3v) is 5.71. The van der Waals surface area contributed by atoms with E-state index in [1.54, 1.807) is 18.2 Å². The van der Waals surface area contributed by atoms with Crippen LogP contribution in [0.5, 0.6) is 0 Å². The fourth-order valence-electron chi connectivity index (χ4n) is 2.69. The van der Waals surface area contributed by atoms with Crippen molar-refractivity contribution in [2.45, 2.75) is 17.6 Å². The van der Waals surface area contributed by atoms with Gasteiger partial charge in [0.05, 0.1) is 11.9 Å². The van der Waals surface area contributed by atoms with E-state index in [-0.39, 0.29) is 17.3 Å². The number of nitrogen functional groups attached to an aromatic ring is 1. The first-order chi connectivity index (χ1) is 15.5. The molecule has 0 saturated carbocycles. The molecule has 162 valence electrons. The molecule has 4 aromatic rings. The highest BCUT2D eigenvalue weighted by Crippen LogP contribution is 2.26. The van der Waals surface area contributed by atoms with E-state index in [2.05, 4.69) is 35.8 Å². The van der Waals surface area contributed by atoms with Gasteiger partial charge in [0, 0.05) is 21.2 Å². The number of hydrogen-bond donors (Lipinski definition) is 2. The van der Waals surface area contributed by atoms with Gasteiger partial charge < -0.3 is 5.73 Å². The standard InChI is InChI=1S/C20H17ClN8O2S/c1-12-6-8-14(9-7-12)32-11-16-17(24-28-29(16)19-18(22)26-31-27-19)20(30)25-23-10-13-4-2-3-5-15(13)21/h2-10H,11H2,1H3,(H2,22,26)(H,25,30)/b23-10+. The van der Waals surface area contributed by atoms with Crippen molar-refractivity contribution in [1.82, 2.24) is 30.7 Å². The summed E-state index contributed by atoms with van der Waals surface area (Å²) in [5.74, 6) is -0.0100. The lowest BCUT2D eigenvalue weighted by atomic mass is 10.2. The minimum Gasteiger partial charge on any atom is -0.378 e. The van der Waals surface area contributed by atoms with Crippen LogP contribution in [0, 0.1) is 6.92 Å². The van der Waals surface area contributed by atoms with Crippen molar-refractivity contribution >= 4 is 41.3 Å². The second kappa shape index (κ2) is 9.62. The van der Waals surface area contributed by atoms with E-state index >= 15 is 0 Å². The molecule has 0 unspecified atom stereocenters. The molecule has 0 aliphatic carbocycles. The Balaban J connectivity index is 1.58. The Morgan fingerprint density at radius 2 is 2.03 bits per heavy atom. The number of hydrogen-bond acceptors (Lipinski definition) is 9. The number of aromatic nitrogens is 5. The van der Waals surface area contributed by atoms with Gasteiger partial charge in [-0.3, -0.25) is 4.79 Å². The molecule has 0 saturated heterocycles. The summed E-state index contributed by atoms with van der Waals surface area (Å²) in [4.78, 5) is 13.8. The number of nitrogens with two attached hydrogens (primary N) is 1. The van der Waals surface area contributed by atoms with Crippen molar-refractivity contribution in [3.8, 4) is 5.82 Å². The molecule has 3 N–H and O–H groups in total. The summed E-state index contributed by atoms with van der Waals surface area (Å²) >= 11 is 7.60. The van der Waals surface area contributed by atoms with E-state index in [0.29, 0.717) is 22.0 Å². The highest BCUT2D eigenvalue weighted by atomic mass is 35.5. The molecule has 0 fully saturated rings. The predicted octanol–water partition coefficient (Wildman–Crippen LogP) is 3.25. The number of anilines is 1. The topological polar surface area (TPSA) is 137 Å². The van der Waals surface area contributed by atoms with Crippen molar-refractivity contribution in [3.05, 3.63) is 76.1 Å². The van der Waals surface area contributed by atoms with Crippen LogP contribution in [0.3, 0.4) is 0 Å². The van der Waals surface area contributed by atoms with Crippen molar-refractivity contribution in [1.29, 1.82) is 0 Å². The number of thioether (sulfide) groups is 1. The summed E-state index contributed by atoms with van der Waals surface area (Å²) in [6.45, 7) is 2.01. The maximum atomic E-state index is 12.8. The number of carbonyl (C=O) groups excluding carboxylic acids is 1. The van der Waals surface area contributed by atoms with Gasteiger partial charge in [-0.25, -0.2) is 10.1 Å². The zero-order chi connectivity index (χ0) is 22.5. The van der Waals surface area contributed by atoms with Crippen molar-refractivity contribution in [2.24, 2.45) is 5.10 Å². The number of benzene rings is 2. The first-order valence-electron chi connectivity index (χ1n) is 9.33. The molecule has 1 amide bonds. The number of rotatable bonds is 7. The summed E-state index contributed by atoms with van der Waals surface area (Å²) < 4.78 is 6.00. The molecule has 4 rings (SSSR count). The zero-order valence-corrected chi connectivity index (χ0v) is 18.3. The van der Waals surface area contributed by atoms with Crippen LogP contribution in [-0.2, 0) is 5.75 Å². The predicted molar refractivity (Wildman–Crippen MR) is 121 cm³/mol. The number of carbonyl (C=O) groups is 1. The molecule has 0 aliphatic rings. The lowest BCUT2D eigenvalue weighted by molar-refractivity contribution is 0.0949. The fourth-order valence-corrected chi connectivity index (χ4v) is 3.77. The van der Waals surface area contributed by atoms with Crippen LogP contribution in [0.1, 0.15) is 27.3 Å². The van der Waals surface area contributed by atoms with Gasteiger partial charge in [-0.15, -0.1) is 16.9 Å². The zero-order valence-electron chi connectivity index (χ0n) is 16.8. The van der Waals surface area contributed by atoms with Gasteiger partial charge in [0.15, 0.2) is 5.69 Å². The minimum absolute atomic E-state index is 0.0279. The van der Waals surface area contributed by atoms with Crippen LogP contribution < -0.4 is 11.2 Å². The Morgan fingerprint density at radius 3 is 2.75 bits per heavy atom. The fraction of sp³-hybridized carbons (Fsp3) is 0.100. The highest BCUT2D eigenvalue weighted by molar-refractivity contribution is 7.98. The van der Waals surface area contributed by atoms with E-state index in [0.717, 1.165) is 10.5 Å². The number of nitrogens with one attached hydrogen (secondary N) is 1. The number of hydrazone groups is 1. The van der Waals surface area contributed by atoms with Gasteiger partial charge >= 0.3 is 0 Å². The van der Waals surface area contributed by atoms with Gasteiger partial charge in [-0.05, 0) is 35.4 Å². The number of nitrogens with zero attached hydrogens (tertiary/aromatic N) is 6. The Kier molecular flexibility index (Phi) is 6.47. The molecular formula is C20H17ClN8O2S. The maximum Gasteiger partial charge on any atom is 0.293 e. The van der Waals surface area contributed by atoms with Gasteiger partial charge in [0.1, 0.15) is 0 Å². The van der Waals surface area contributed by atoms with E-state index in [9.17, 15) is 4.79 Å². The summed E-state index contributed by atoms with van der Waals surface area (Å²) in [6, 6.07) is 15.1. The van der Waals surface area contributed by atoms with Crippen LogP contribution in [-0.4, -0.2) is 37.4 Å². The first-order valence-corrected chi connectivity index (χ1v) is 10.7. The Hall–Kier alpha value is -3.70. The Bertz CT molecular complexity index is 1270. The van der Waals surface area contributed by atoms with Crippen molar-refractivity contribution in [2.75, 3.05) is 5.73 Å². The van der Waals surface area contributed by atoms with E-state index in [1.165, 1.54) is 22.7 Å². The van der Waals surface area contributed by atoms with Gasteiger partial charge in [-0.2, -0.15) is 9.78 Å². The molecule has 0 radical (unpaired) electrons. The van der Waals surface area contributed by atoms with Crippen molar-refractivity contribution < 1.29 is 9.42 Å². The maximum absolute atomic E-state index is 12.8. The molecule has 10 nitrogen and oxygen atoms in total. The van der Waals surface area contributed by atoms with Gasteiger partial charge in [0.2, 0.25) is 11.6 Å². The van der Waals surface area contributed by atoms with Gasteiger partial charge in [-0.1, -0.05) is 52.7 Å². The lowest BCUT2D eigenvalue weighted by Gasteiger charge is -2.06. The van der Waals surface area contributed by atoms with Crippen LogP contribution in [0.2, 0.25) is 5.02 Å². The minimum atomic E-state index is -0.547. The molecule has 32 heavy (non-hydrogen) atoms. The molecular weight excluding hydrogens is 452 g/mol. The molecule has 2 aromatic heterocycles. The average molecular weight is 469 g/mol. The lowest BCUT2D eigenvalue weighted by Crippen LogP contribution is -2.20. The monoisotopic (exact) mass is 468 g/mol. The molecule has 0 spiro atoms. The Labute approximate surface area is 191 Å². The van der Waals surface area contributed by atoms with Crippen molar-refractivity contribution in [3.63, 3.8) is 0 Å². The second-order valence-electron chi connectivity index (χ2n) is 6.59. The summed E-state index contributed by atoms with van der Waals surface area (Å²) in [5, 5.41) is 19.8. The molecule has 2 heterocycles. The Morgan fingerprint density at radius 1 is 1.25 bits per heavy atom. The van der Waals surface area contributed by atoms with E-state index in [1.807, 2.05) is 37.3 Å². The quantitative estimate of drug-likeness (QED) is 0.239. The van der Waals surface area contributed by atoms with Crippen LogP contribution >= 0.6 is 23.4 Å². The van der Waals surface area contributed by atoms with Gasteiger partial charge in [0.25, 0.3) is 5.91 Å². The molecule has 2 aromatic carbocycles. The van der Waals surface area contributed by atoms with Crippen LogP contribution in [0.15, 0.2) is 63.2 Å². The van der Waals surface area contributed by atoms with E-state index in [4.69, 9.17) is 17.3 Å². The molecule has 0 bridgehead atoms. The SMILES string of the molecule is Cc1ccc(SCc2c(C(=O)N/N=C/c3ccccc3Cl)nnn2-c2nonc2N)cc1. The smallest absolute Gasteiger partial charge is 0.293 e. The first kappa shape index (κ1) is 21.5. The molecule has 0 atom stereocenters.